The Labute approximate surface area is 117 Å². The normalized spacial score (nSPS) is 12.3. The van der Waals surface area contributed by atoms with Gasteiger partial charge in [0.25, 0.3) is 0 Å². The van der Waals surface area contributed by atoms with Crippen LogP contribution < -0.4 is 5.73 Å². The van der Waals surface area contributed by atoms with Crippen molar-refractivity contribution in [1.29, 1.82) is 0 Å². The van der Waals surface area contributed by atoms with Gasteiger partial charge in [0.2, 0.25) is 0 Å². The number of rotatable bonds is 6. The predicted octanol–water partition coefficient (Wildman–Crippen LogP) is 1.96. The standard InChI is InChI=1S/C12H14F5N3O/c13-11(14,12(15,16)17)10(21)20(6-2-4-18)8-9-3-1-5-19-7-9/h1,3,5,7H,2,4,6,8,18H2. The van der Waals surface area contributed by atoms with Crippen molar-refractivity contribution in [3.05, 3.63) is 30.1 Å². The first kappa shape index (κ1) is 17.3. The Morgan fingerprint density at radius 3 is 2.43 bits per heavy atom. The number of carbonyl (C=O) groups excluding carboxylic acids is 1. The molecule has 118 valence electrons. The lowest BCUT2D eigenvalue weighted by Crippen LogP contribution is -2.52. The molecule has 0 spiro atoms. The molecule has 0 saturated heterocycles. The van der Waals surface area contributed by atoms with Crippen molar-refractivity contribution in [2.75, 3.05) is 13.1 Å². The van der Waals surface area contributed by atoms with E-state index in [1.54, 1.807) is 0 Å². The Kier molecular flexibility index (Phi) is 5.59. The zero-order valence-electron chi connectivity index (χ0n) is 10.9. The number of amides is 1. The number of hydrogen-bond donors (Lipinski definition) is 1. The van der Waals surface area contributed by atoms with Gasteiger partial charge in [-0.25, -0.2) is 0 Å². The number of aromatic nitrogens is 1. The van der Waals surface area contributed by atoms with Crippen molar-refractivity contribution in [3.8, 4) is 0 Å². The van der Waals surface area contributed by atoms with E-state index in [-0.39, 0.29) is 19.5 Å². The molecule has 21 heavy (non-hydrogen) atoms. The van der Waals surface area contributed by atoms with Crippen LogP contribution in [0.15, 0.2) is 24.5 Å². The molecule has 0 aliphatic rings. The van der Waals surface area contributed by atoms with E-state index in [2.05, 4.69) is 4.98 Å². The fraction of sp³-hybridized carbons (Fsp3) is 0.500. The average molecular weight is 311 g/mol. The third-order valence-electron chi connectivity index (χ3n) is 2.64. The van der Waals surface area contributed by atoms with Crippen molar-refractivity contribution >= 4 is 5.91 Å². The molecule has 0 unspecified atom stereocenters. The maximum absolute atomic E-state index is 13.1. The third kappa shape index (κ3) is 4.35. The summed E-state index contributed by atoms with van der Waals surface area (Å²) in [4.78, 5) is 15.7. The Hall–Kier alpha value is -1.77. The largest absolute Gasteiger partial charge is 0.463 e. The lowest BCUT2D eigenvalue weighted by Gasteiger charge is -2.28. The lowest BCUT2D eigenvalue weighted by atomic mass is 10.2. The maximum atomic E-state index is 13.1. The first-order valence-electron chi connectivity index (χ1n) is 6.03. The number of hydrogen-bond acceptors (Lipinski definition) is 3. The van der Waals surface area contributed by atoms with Crippen molar-refractivity contribution in [2.45, 2.75) is 25.1 Å². The highest BCUT2D eigenvalue weighted by Gasteiger charge is 2.64. The van der Waals surface area contributed by atoms with Crippen LogP contribution in [0.1, 0.15) is 12.0 Å². The topological polar surface area (TPSA) is 59.2 Å². The average Bonchev–Trinajstić information content (AvgIpc) is 2.42. The molecule has 1 aromatic rings. The molecule has 4 nitrogen and oxygen atoms in total. The van der Waals surface area contributed by atoms with Crippen LogP contribution in [0, 0.1) is 0 Å². The van der Waals surface area contributed by atoms with Crippen LogP contribution in [0.4, 0.5) is 22.0 Å². The molecule has 0 fully saturated rings. The number of carbonyl (C=O) groups is 1. The monoisotopic (exact) mass is 311 g/mol. The zero-order chi connectivity index (χ0) is 16.1. The second-order valence-corrected chi connectivity index (χ2v) is 4.30. The fourth-order valence-electron chi connectivity index (χ4n) is 1.57. The highest BCUT2D eigenvalue weighted by Crippen LogP contribution is 2.37. The summed E-state index contributed by atoms with van der Waals surface area (Å²) >= 11 is 0. The molecule has 1 heterocycles. The molecule has 0 aliphatic carbocycles. The Morgan fingerprint density at radius 2 is 1.95 bits per heavy atom. The molecule has 0 saturated carbocycles. The third-order valence-corrected chi connectivity index (χ3v) is 2.64. The van der Waals surface area contributed by atoms with Crippen LogP contribution in [0.25, 0.3) is 0 Å². The van der Waals surface area contributed by atoms with Crippen molar-refractivity contribution in [2.24, 2.45) is 5.73 Å². The molecular weight excluding hydrogens is 297 g/mol. The minimum absolute atomic E-state index is 0.0639. The van der Waals surface area contributed by atoms with E-state index in [1.165, 1.54) is 24.5 Å². The predicted molar refractivity (Wildman–Crippen MR) is 64.3 cm³/mol. The summed E-state index contributed by atoms with van der Waals surface area (Å²) in [5.41, 5.74) is 5.55. The van der Waals surface area contributed by atoms with E-state index < -0.39 is 24.6 Å². The van der Waals surface area contributed by atoms with Gasteiger partial charge in [-0.15, -0.1) is 0 Å². The minimum atomic E-state index is -5.93. The summed E-state index contributed by atoms with van der Waals surface area (Å²) in [5.74, 6) is -7.71. The van der Waals surface area contributed by atoms with Crippen LogP contribution in [0.2, 0.25) is 0 Å². The Bertz CT molecular complexity index is 464. The zero-order valence-corrected chi connectivity index (χ0v) is 10.9. The molecule has 1 aromatic heterocycles. The molecule has 0 atom stereocenters. The SMILES string of the molecule is NCCCN(Cc1cccnc1)C(=O)C(F)(F)C(F)(F)F. The highest BCUT2D eigenvalue weighted by atomic mass is 19.4. The second kappa shape index (κ2) is 6.79. The van der Waals surface area contributed by atoms with Crippen LogP contribution in [0.3, 0.4) is 0 Å². The van der Waals surface area contributed by atoms with Gasteiger partial charge in [-0.1, -0.05) is 6.07 Å². The first-order chi connectivity index (χ1) is 9.70. The van der Waals surface area contributed by atoms with Crippen LogP contribution in [-0.4, -0.2) is 41.0 Å². The number of halogens is 5. The molecule has 0 radical (unpaired) electrons. The van der Waals surface area contributed by atoms with Crippen LogP contribution in [0.5, 0.6) is 0 Å². The summed E-state index contributed by atoms with van der Waals surface area (Å²) in [6, 6.07) is 2.96. The van der Waals surface area contributed by atoms with Crippen molar-refractivity contribution < 1.29 is 26.7 Å². The van der Waals surface area contributed by atoms with Gasteiger partial charge in [0.15, 0.2) is 0 Å². The van der Waals surface area contributed by atoms with E-state index in [4.69, 9.17) is 5.73 Å². The summed E-state index contributed by atoms with van der Waals surface area (Å²) in [7, 11) is 0. The van der Waals surface area contributed by atoms with Gasteiger partial charge >= 0.3 is 18.0 Å². The van der Waals surface area contributed by atoms with E-state index in [0.717, 1.165) is 0 Å². The summed E-state index contributed by atoms with van der Waals surface area (Å²) in [6.07, 6.45) is -3.12. The van der Waals surface area contributed by atoms with Crippen LogP contribution >= 0.6 is 0 Å². The van der Waals surface area contributed by atoms with Gasteiger partial charge in [-0.05, 0) is 24.6 Å². The maximum Gasteiger partial charge on any atom is 0.463 e. The number of nitrogens with zero attached hydrogens (tertiary/aromatic N) is 2. The van der Waals surface area contributed by atoms with Gasteiger partial charge in [0.1, 0.15) is 0 Å². The van der Waals surface area contributed by atoms with Gasteiger partial charge in [-0.3, -0.25) is 9.78 Å². The summed E-state index contributed by atoms with van der Waals surface area (Å²) in [6.45, 7) is -0.622. The van der Waals surface area contributed by atoms with Gasteiger partial charge in [0.05, 0.1) is 0 Å². The Morgan fingerprint density at radius 1 is 1.29 bits per heavy atom. The summed E-state index contributed by atoms with van der Waals surface area (Å²) < 4.78 is 63.1. The molecule has 2 N–H and O–H groups in total. The minimum Gasteiger partial charge on any atom is -0.333 e. The van der Waals surface area contributed by atoms with Crippen molar-refractivity contribution in [1.82, 2.24) is 9.88 Å². The molecule has 9 heteroatoms. The first-order valence-corrected chi connectivity index (χ1v) is 6.03. The van der Waals surface area contributed by atoms with Gasteiger partial charge in [0, 0.05) is 25.5 Å². The molecule has 0 aliphatic heterocycles. The van der Waals surface area contributed by atoms with Crippen LogP contribution in [-0.2, 0) is 11.3 Å². The highest BCUT2D eigenvalue weighted by molar-refractivity contribution is 5.84. The fourth-order valence-corrected chi connectivity index (χ4v) is 1.57. The van der Waals surface area contributed by atoms with E-state index >= 15 is 0 Å². The van der Waals surface area contributed by atoms with E-state index in [1.807, 2.05) is 0 Å². The van der Waals surface area contributed by atoms with Crippen molar-refractivity contribution in [3.63, 3.8) is 0 Å². The lowest BCUT2D eigenvalue weighted by molar-refractivity contribution is -0.274. The van der Waals surface area contributed by atoms with E-state index in [0.29, 0.717) is 10.5 Å². The molecule has 0 bridgehead atoms. The molecule has 0 aromatic carbocycles. The quantitative estimate of drug-likeness (QED) is 0.817. The summed E-state index contributed by atoms with van der Waals surface area (Å²) in [5, 5.41) is 0. The number of nitrogens with two attached hydrogens (primary N) is 1. The number of alkyl halides is 5. The van der Waals surface area contributed by atoms with E-state index in [9.17, 15) is 26.7 Å². The Balaban J connectivity index is 2.94. The second-order valence-electron chi connectivity index (χ2n) is 4.30. The molecular formula is C12H14F5N3O. The molecule has 1 rings (SSSR count). The molecule has 1 amide bonds. The number of pyridine rings is 1. The smallest absolute Gasteiger partial charge is 0.333 e. The van der Waals surface area contributed by atoms with Gasteiger partial charge in [-0.2, -0.15) is 22.0 Å². The van der Waals surface area contributed by atoms with Gasteiger partial charge < -0.3 is 10.6 Å².